The van der Waals surface area contributed by atoms with Crippen LogP contribution < -0.4 is 5.56 Å². The van der Waals surface area contributed by atoms with E-state index >= 15 is 0 Å². The maximum Gasteiger partial charge on any atom is 0.271 e. The first-order valence-electron chi connectivity index (χ1n) is 3.97. The van der Waals surface area contributed by atoms with Gasteiger partial charge in [-0.25, -0.2) is 0 Å². The van der Waals surface area contributed by atoms with Crippen LogP contribution in [0.4, 0.5) is 0 Å². The molecular weight excluding hydrogens is 218 g/mol. The maximum absolute atomic E-state index is 11.0. The van der Waals surface area contributed by atoms with Gasteiger partial charge in [-0.2, -0.15) is 4.98 Å². The number of aromatic nitrogens is 1. The normalized spacial score (nSPS) is 10.1. The third-order valence-corrected chi connectivity index (χ3v) is 2.73. The molecule has 1 aromatic heterocycles. The quantitative estimate of drug-likeness (QED) is 0.744. The molecule has 1 aromatic carbocycles. The molecule has 70 valence electrons. The minimum absolute atomic E-state index is 0.223. The molecule has 2 nitrogen and oxygen atoms in total. The minimum atomic E-state index is -0.223. The third kappa shape index (κ3) is 2.00. The van der Waals surface area contributed by atoms with Crippen LogP contribution in [0.1, 0.15) is 0 Å². The standard InChI is InChI=1S/C10H6ClNOS/c11-8-3-1-2-7(6-8)10-12-9(13)4-5-14-10/h1-6H. The molecule has 0 amide bonds. The molecule has 0 atom stereocenters. The van der Waals surface area contributed by atoms with Gasteiger partial charge in [-0.15, -0.1) is 11.3 Å². The van der Waals surface area contributed by atoms with Gasteiger partial charge >= 0.3 is 0 Å². The van der Waals surface area contributed by atoms with Crippen LogP contribution in [0.3, 0.4) is 0 Å². The fourth-order valence-corrected chi connectivity index (χ4v) is 1.98. The van der Waals surface area contributed by atoms with Gasteiger partial charge in [-0.1, -0.05) is 23.7 Å². The Morgan fingerprint density at radius 1 is 1.29 bits per heavy atom. The lowest BCUT2D eigenvalue weighted by molar-refractivity contribution is 1.28. The van der Waals surface area contributed by atoms with Gasteiger partial charge in [0.2, 0.25) is 0 Å². The van der Waals surface area contributed by atoms with Gasteiger partial charge in [0.15, 0.2) is 0 Å². The number of rotatable bonds is 1. The van der Waals surface area contributed by atoms with Gasteiger partial charge in [-0.3, -0.25) is 4.79 Å². The van der Waals surface area contributed by atoms with Crippen molar-refractivity contribution in [2.45, 2.75) is 0 Å². The SMILES string of the molecule is O=c1ccsc(-c2cccc(Cl)c2)n1. The van der Waals surface area contributed by atoms with Gasteiger partial charge in [-0.05, 0) is 17.5 Å². The van der Waals surface area contributed by atoms with Crippen molar-refractivity contribution in [1.29, 1.82) is 0 Å². The highest BCUT2D eigenvalue weighted by Crippen LogP contribution is 2.22. The molecular formula is C10H6ClNOS. The van der Waals surface area contributed by atoms with E-state index in [9.17, 15) is 4.79 Å². The summed E-state index contributed by atoms with van der Waals surface area (Å²) in [6.45, 7) is 0. The van der Waals surface area contributed by atoms with E-state index in [4.69, 9.17) is 11.6 Å². The van der Waals surface area contributed by atoms with E-state index in [2.05, 4.69) is 4.98 Å². The summed E-state index contributed by atoms with van der Waals surface area (Å²) in [5, 5.41) is 3.07. The molecule has 2 rings (SSSR count). The molecule has 0 aliphatic rings. The fourth-order valence-electron chi connectivity index (χ4n) is 1.07. The van der Waals surface area contributed by atoms with Gasteiger partial charge in [0.1, 0.15) is 5.01 Å². The molecule has 0 aliphatic carbocycles. The zero-order valence-electron chi connectivity index (χ0n) is 7.11. The van der Waals surface area contributed by atoms with Crippen molar-refractivity contribution in [3.63, 3.8) is 0 Å². The van der Waals surface area contributed by atoms with Crippen LogP contribution in [0.25, 0.3) is 10.6 Å². The number of benzene rings is 1. The van der Waals surface area contributed by atoms with Crippen LogP contribution in [0.5, 0.6) is 0 Å². The zero-order chi connectivity index (χ0) is 9.97. The second kappa shape index (κ2) is 3.90. The van der Waals surface area contributed by atoms with E-state index in [0.717, 1.165) is 5.56 Å². The van der Waals surface area contributed by atoms with Crippen molar-refractivity contribution in [3.8, 4) is 10.6 Å². The fraction of sp³-hybridized carbons (Fsp3) is 0. The Morgan fingerprint density at radius 3 is 2.86 bits per heavy atom. The summed E-state index contributed by atoms with van der Waals surface area (Å²) >= 11 is 7.25. The lowest BCUT2D eigenvalue weighted by Gasteiger charge is -1.98. The van der Waals surface area contributed by atoms with E-state index in [0.29, 0.717) is 10.0 Å². The summed E-state index contributed by atoms with van der Waals surface area (Å²) < 4.78 is 0. The molecule has 0 N–H and O–H groups in total. The van der Waals surface area contributed by atoms with Crippen molar-refractivity contribution in [2.75, 3.05) is 0 Å². The van der Waals surface area contributed by atoms with E-state index in [1.807, 2.05) is 12.1 Å². The molecule has 0 bridgehead atoms. The van der Waals surface area contributed by atoms with E-state index in [-0.39, 0.29) is 5.56 Å². The molecule has 1 heterocycles. The van der Waals surface area contributed by atoms with Gasteiger partial charge < -0.3 is 0 Å². The lowest BCUT2D eigenvalue weighted by Crippen LogP contribution is -2.01. The van der Waals surface area contributed by atoms with E-state index < -0.39 is 0 Å². The molecule has 0 saturated carbocycles. The maximum atomic E-state index is 11.0. The Bertz CT molecular complexity index is 509. The second-order valence-corrected chi connectivity index (χ2v) is 4.02. The first kappa shape index (κ1) is 9.37. The van der Waals surface area contributed by atoms with Crippen LogP contribution in [0.15, 0.2) is 40.5 Å². The van der Waals surface area contributed by atoms with Gasteiger partial charge in [0.25, 0.3) is 5.56 Å². The van der Waals surface area contributed by atoms with E-state index in [1.165, 1.54) is 17.4 Å². The number of nitrogens with zero attached hydrogens (tertiary/aromatic N) is 1. The molecule has 2 aromatic rings. The van der Waals surface area contributed by atoms with Crippen LogP contribution in [0, 0.1) is 0 Å². The smallest absolute Gasteiger partial charge is 0.267 e. The highest BCUT2D eigenvalue weighted by Gasteiger charge is 2.00. The lowest BCUT2D eigenvalue weighted by atomic mass is 10.2. The Morgan fingerprint density at radius 2 is 2.14 bits per heavy atom. The Balaban J connectivity index is 2.55. The number of halogens is 1. The predicted octanol–water partition coefficient (Wildman–Crippen LogP) is 2.82. The summed E-state index contributed by atoms with van der Waals surface area (Å²) in [5.41, 5.74) is 0.652. The first-order valence-corrected chi connectivity index (χ1v) is 5.23. The average Bonchev–Trinajstić information content (AvgIpc) is 2.18. The second-order valence-electron chi connectivity index (χ2n) is 2.69. The van der Waals surface area contributed by atoms with E-state index in [1.54, 1.807) is 17.5 Å². The van der Waals surface area contributed by atoms with Crippen molar-refractivity contribution in [1.82, 2.24) is 4.98 Å². The van der Waals surface area contributed by atoms with Crippen LogP contribution in [-0.2, 0) is 0 Å². The van der Waals surface area contributed by atoms with Crippen LogP contribution in [-0.4, -0.2) is 4.98 Å². The molecule has 0 aliphatic heterocycles. The topological polar surface area (TPSA) is 30.0 Å². The molecule has 0 radical (unpaired) electrons. The third-order valence-electron chi connectivity index (χ3n) is 1.67. The van der Waals surface area contributed by atoms with Crippen molar-refractivity contribution in [2.24, 2.45) is 0 Å². The van der Waals surface area contributed by atoms with Crippen LogP contribution >= 0.6 is 22.9 Å². The molecule has 0 saturated heterocycles. The highest BCUT2D eigenvalue weighted by molar-refractivity contribution is 7.12. The zero-order valence-corrected chi connectivity index (χ0v) is 8.68. The van der Waals surface area contributed by atoms with Crippen LogP contribution in [0.2, 0.25) is 5.02 Å². The Kier molecular flexibility index (Phi) is 2.61. The van der Waals surface area contributed by atoms with Gasteiger partial charge in [0, 0.05) is 16.7 Å². The summed E-state index contributed by atoms with van der Waals surface area (Å²) in [5.74, 6) is 0. The minimum Gasteiger partial charge on any atom is -0.267 e. The Hall–Kier alpha value is -1.19. The van der Waals surface area contributed by atoms with Crippen molar-refractivity contribution in [3.05, 3.63) is 51.1 Å². The molecule has 0 unspecified atom stereocenters. The monoisotopic (exact) mass is 223 g/mol. The van der Waals surface area contributed by atoms with Crippen molar-refractivity contribution < 1.29 is 0 Å². The largest absolute Gasteiger partial charge is 0.271 e. The Labute approximate surface area is 89.8 Å². The molecule has 4 heteroatoms. The number of hydrogen-bond acceptors (Lipinski definition) is 3. The summed E-state index contributed by atoms with van der Waals surface area (Å²) in [4.78, 5) is 14.9. The molecule has 0 spiro atoms. The first-order chi connectivity index (χ1) is 6.75. The highest BCUT2D eigenvalue weighted by atomic mass is 35.5. The summed E-state index contributed by atoms with van der Waals surface area (Å²) in [6.07, 6.45) is 0. The number of hydrogen-bond donors (Lipinski definition) is 0. The average molecular weight is 224 g/mol. The molecule has 14 heavy (non-hydrogen) atoms. The molecule has 0 fully saturated rings. The predicted molar refractivity (Wildman–Crippen MR) is 58.8 cm³/mol. The van der Waals surface area contributed by atoms with Crippen molar-refractivity contribution >= 4 is 22.9 Å². The summed E-state index contributed by atoms with van der Waals surface area (Å²) in [7, 11) is 0. The van der Waals surface area contributed by atoms with Gasteiger partial charge in [0.05, 0.1) is 0 Å². The summed E-state index contributed by atoms with van der Waals surface area (Å²) in [6, 6.07) is 8.74.